The van der Waals surface area contributed by atoms with Crippen molar-refractivity contribution in [1.29, 1.82) is 0 Å². The van der Waals surface area contributed by atoms with Crippen molar-refractivity contribution in [3.63, 3.8) is 0 Å². The predicted molar refractivity (Wildman–Crippen MR) is 53.0 cm³/mol. The van der Waals surface area contributed by atoms with Gasteiger partial charge in [-0.2, -0.15) is 0 Å². The molecule has 0 saturated carbocycles. The number of aldehydes is 1. The zero-order chi connectivity index (χ0) is 9.68. The maximum atomic E-state index is 10.6. The van der Waals surface area contributed by atoms with Crippen LogP contribution in [0.3, 0.4) is 0 Å². The predicted octanol–water partition coefficient (Wildman–Crippen LogP) is 1.25. The highest BCUT2D eigenvalue weighted by Crippen LogP contribution is 1.98. The topological polar surface area (TPSA) is 25.2 Å². The second-order valence-electron chi connectivity index (χ2n) is 3.14. The highest BCUT2D eigenvalue weighted by molar-refractivity contribution is 5.72. The number of hydrogen-bond donors (Lipinski definition) is 0. The number of carbonyl (C=O) groups excluding carboxylic acids is 1. The lowest BCUT2D eigenvalue weighted by Crippen LogP contribution is -2.23. The Balaban J connectivity index is 2.49. The summed E-state index contributed by atoms with van der Waals surface area (Å²) in [6.07, 6.45) is 2.83. The fourth-order valence-electron chi connectivity index (χ4n) is 1.17. The second-order valence-corrected chi connectivity index (χ2v) is 3.14. The molecule has 13 heavy (non-hydrogen) atoms. The largest absolute Gasteiger partial charge is 0.344 e. The fourth-order valence-corrected chi connectivity index (χ4v) is 1.17. The fraction of sp³-hybridized carbons (Fsp3) is 0.500. The molecule has 3 nitrogen and oxygen atoms in total. The molecule has 0 saturated heterocycles. The lowest BCUT2D eigenvalue weighted by molar-refractivity contribution is 0.111. The van der Waals surface area contributed by atoms with Crippen molar-refractivity contribution in [2.24, 2.45) is 0 Å². The van der Waals surface area contributed by atoms with Gasteiger partial charge in [0.05, 0.1) is 5.69 Å². The SMILES string of the molecule is CCN(C)CCn1cccc1C=O. The van der Waals surface area contributed by atoms with Crippen molar-refractivity contribution in [3.05, 3.63) is 24.0 Å². The maximum Gasteiger partial charge on any atom is 0.166 e. The van der Waals surface area contributed by atoms with E-state index >= 15 is 0 Å². The van der Waals surface area contributed by atoms with Crippen LogP contribution in [0.15, 0.2) is 18.3 Å². The Morgan fingerprint density at radius 3 is 3.00 bits per heavy atom. The summed E-state index contributed by atoms with van der Waals surface area (Å²) < 4.78 is 1.97. The number of aromatic nitrogens is 1. The summed E-state index contributed by atoms with van der Waals surface area (Å²) in [6, 6.07) is 3.73. The van der Waals surface area contributed by atoms with E-state index in [0.29, 0.717) is 0 Å². The summed E-state index contributed by atoms with van der Waals surface area (Å²) in [6.45, 7) is 5.02. The first-order valence-electron chi connectivity index (χ1n) is 4.56. The van der Waals surface area contributed by atoms with Gasteiger partial charge in [0.25, 0.3) is 0 Å². The molecule has 0 spiro atoms. The smallest absolute Gasteiger partial charge is 0.166 e. The van der Waals surface area contributed by atoms with Crippen molar-refractivity contribution in [2.75, 3.05) is 20.1 Å². The first kappa shape index (κ1) is 9.99. The standard InChI is InChI=1S/C10H16N2O/c1-3-11(2)7-8-12-6-4-5-10(12)9-13/h4-6,9H,3,7-8H2,1-2H3. The summed E-state index contributed by atoms with van der Waals surface area (Å²) in [7, 11) is 2.07. The lowest BCUT2D eigenvalue weighted by Gasteiger charge is -2.14. The third-order valence-electron chi connectivity index (χ3n) is 2.25. The second kappa shape index (κ2) is 4.82. The minimum Gasteiger partial charge on any atom is -0.344 e. The minimum atomic E-state index is 0.754. The van der Waals surface area contributed by atoms with E-state index in [1.54, 1.807) is 0 Å². The van der Waals surface area contributed by atoms with Crippen LogP contribution in [-0.2, 0) is 6.54 Å². The van der Waals surface area contributed by atoms with E-state index in [2.05, 4.69) is 18.9 Å². The van der Waals surface area contributed by atoms with Crippen LogP contribution in [0.4, 0.5) is 0 Å². The monoisotopic (exact) mass is 180 g/mol. The molecule has 1 aromatic rings. The van der Waals surface area contributed by atoms with E-state index in [0.717, 1.165) is 31.6 Å². The molecule has 0 aliphatic heterocycles. The first-order valence-corrected chi connectivity index (χ1v) is 4.56. The highest BCUT2D eigenvalue weighted by Gasteiger charge is 1.99. The third kappa shape index (κ3) is 2.70. The number of nitrogens with zero attached hydrogens (tertiary/aromatic N) is 2. The van der Waals surface area contributed by atoms with Crippen molar-refractivity contribution in [2.45, 2.75) is 13.5 Å². The summed E-state index contributed by atoms with van der Waals surface area (Å²) in [5, 5.41) is 0. The van der Waals surface area contributed by atoms with Crippen LogP contribution in [0.1, 0.15) is 17.4 Å². The molecule has 0 aliphatic carbocycles. The molecule has 0 aromatic carbocycles. The van der Waals surface area contributed by atoms with Crippen molar-refractivity contribution in [3.8, 4) is 0 Å². The van der Waals surface area contributed by atoms with Gasteiger partial charge in [-0.25, -0.2) is 0 Å². The molecule has 1 rings (SSSR count). The van der Waals surface area contributed by atoms with E-state index in [1.165, 1.54) is 0 Å². The summed E-state index contributed by atoms with van der Waals surface area (Å²) in [5.41, 5.74) is 0.754. The number of rotatable bonds is 5. The van der Waals surface area contributed by atoms with Crippen LogP contribution in [0, 0.1) is 0 Å². The van der Waals surface area contributed by atoms with Crippen LogP contribution in [0.2, 0.25) is 0 Å². The molecule has 1 heterocycles. The van der Waals surface area contributed by atoms with Crippen molar-refractivity contribution < 1.29 is 4.79 Å². The summed E-state index contributed by atoms with van der Waals surface area (Å²) in [5.74, 6) is 0. The molecule has 0 bridgehead atoms. The van der Waals surface area contributed by atoms with E-state index in [1.807, 2.05) is 22.9 Å². The van der Waals surface area contributed by atoms with Crippen LogP contribution in [0.25, 0.3) is 0 Å². The quantitative estimate of drug-likeness (QED) is 0.637. The van der Waals surface area contributed by atoms with Gasteiger partial charge in [0.1, 0.15) is 0 Å². The van der Waals surface area contributed by atoms with Crippen LogP contribution in [-0.4, -0.2) is 35.9 Å². The van der Waals surface area contributed by atoms with Crippen molar-refractivity contribution >= 4 is 6.29 Å². The molecule has 0 atom stereocenters. The number of carbonyl (C=O) groups is 1. The average Bonchev–Trinajstić information content (AvgIpc) is 2.61. The van der Waals surface area contributed by atoms with E-state index in [-0.39, 0.29) is 0 Å². The van der Waals surface area contributed by atoms with Gasteiger partial charge in [-0.15, -0.1) is 0 Å². The molecule has 0 fully saturated rings. The van der Waals surface area contributed by atoms with Crippen LogP contribution < -0.4 is 0 Å². The van der Waals surface area contributed by atoms with Gasteiger partial charge in [0, 0.05) is 19.3 Å². The van der Waals surface area contributed by atoms with Gasteiger partial charge in [-0.1, -0.05) is 6.92 Å². The summed E-state index contributed by atoms with van der Waals surface area (Å²) in [4.78, 5) is 12.8. The zero-order valence-corrected chi connectivity index (χ0v) is 8.23. The molecule has 72 valence electrons. The van der Waals surface area contributed by atoms with Crippen molar-refractivity contribution in [1.82, 2.24) is 9.47 Å². The van der Waals surface area contributed by atoms with Gasteiger partial charge in [0.2, 0.25) is 0 Å². The minimum absolute atomic E-state index is 0.754. The van der Waals surface area contributed by atoms with E-state index < -0.39 is 0 Å². The molecule has 1 aromatic heterocycles. The Morgan fingerprint density at radius 2 is 2.38 bits per heavy atom. The van der Waals surface area contributed by atoms with Gasteiger partial charge >= 0.3 is 0 Å². The molecule has 0 aliphatic rings. The van der Waals surface area contributed by atoms with E-state index in [9.17, 15) is 4.79 Å². The van der Waals surface area contributed by atoms with E-state index in [4.69, 9.17) is 0 Å². The Morgan fingerprint density at radius 1 is 1.62 bits per heavy atom. The van der Waals surface area contributed by atoms with Gasteiger partial charge in [-0.05, 0) is 25.7 Å². The molecular formula is C10H16N2O. The maximum absolute atomic E-state index is 10.6. The zero-order valence-electron chi connectivity index (χ0n) is 8.23. The number of hydrogen-bond acceptors (Lipinski definition) is 2. The molecule has 0 unspecified atom stereocenters. The number of likely N-dealkylation sites (N-methyl/N-ethyl adjacent to an activating group) is 1. The molecule has 0 radical (unpaired) electrons. The lowest BCUT2D eigenvalue weighted by atomic mass is 10.4. The Kier molecular flexibility index (Phi) is 3.71. The molecule has 0 N–H and O–H groups in total. The molecule has 3 heteroatoms. The van der Waals surface area contributed by atoms with Gasteiger partial charge in [-0.3, -0.25) is 4.79 Å². The molecule has 0 amide bonds. The normalized spacial score (nSPS) is 10.7. The van der Waals surface area contributed by atoms with Crippen LogP contribution >= 0.6 is 0 Å². The van der Waals surface area contributed by atoms with Gasteiger partial charge in [0.15, 0.2) is 6.29 Å². The third-order valence-corrected chi connectivity index (χ3v) is 2.25. The molecular weight excluding hydrogens is 164 g/mol. The van der Waals surface area contributed by atoms with Gasteiger partial charge < -0.3 is 9.47 Å². The Labute approximate surface area is 79.0 Å². The first-order chi connectivity index (χ1) is 6.27. The Hall–Kier alpha value is -1.09. The average molecular weight is 180 g/mol. The highest BCUT2D eigenvalue weighted by atomic mass is 16.1. The van der Waals surface area contributed by atoms with Crippen LogP contribution in [0.5, 0.6) is 0 Å². The Bertz CT molecular complexity index is 268. The summed E-state index contributed by atoms with van der Waals surface area (Å²) >= 11 is 0.